The molecule has 1 aromatic rings. The van der Waals surface area contributed by atoms with Crippen molar-refractivity contribution in [2.45, 2.75) is 51.0 Å². The van der Waals surface area contributed by atoms with Gasteiger partial charge in [0.25, 0.3) is 0 Å². The van der Waals surface area contributed by atoms with Gasteiger partial charge in [-0.3, -0.25) is 14.4 Å². The number of rotatable bonds is 2. The lowest BCUT2D eigenvalue weighted by molar-refractivity contribution is -0.166. The Kier molecular flexibility index (Phi) is 3.65. The van der Waals surface area contributed by atoms with E-state index in [-0.39, 0.29) is 31.1 Å². The summed E-state index contributed by atoms with van der Waals surface area (Å²) in [5, 5.41) is 0. The minimum atomic E-state index is -0.748. The maximum atomic E-state index is 12.7. The summed E-state index contributed by atoms with van der Waals surface area (Å²) in [5.41, 5.74) is 2.74. The number of hydrogen-bond donors (Lipinski definition) is 0. The molecule has 5 rings (SSSR count). The van der Waals surface area contributed by atoms with Crippen LogP contribution in [0.1, 0.15) is 37.3 Å². The average molecular weight is 385 g/mol. The molecule has 1 aromatic carbocycles. The molecule has 0 bridgehead atoms. The highest BCUT2D eigenvalue weighted by Crippen LogP contribution is 2.51. The van der Waals surface area contributed by atoms with Crippen LogP contribution in [0.3, 0.4) is 0 Å². The Balaban J connectivity index is 1.67. The minimum absolute atomic E-state index is 0.00890. The van der Waals surface area contributed by atoms with Gasteiger partial charge in [0.05, 0.1) is 6.04 Å². The third-order valence-electron chi connectivity index (χ3n) is 5.73. The van der Waals surface area contributed by atoms with Gasteiger partial charge in [-0.05, 0) is 34.9 Å². The van der Waals surface area contributed by atoms with Crippen LogP contribution >= 0.6 is 0 Å². The zero-order chi connectivity index (χ0) is 19.6. The Labute approximate surface area is 161 Å². The molecule has 3 heterocycles. The lowest BCUT2D eigenvalue weighted by atomic mass is 9.73. The van der Waals surface area contributed by atoms with Gasteiger partial charge >= 0.3 is 11.9 Å². The first kappa shape index (κ1) is 17.1. The SMILES string of the molecule is CC(=O)O[C@H]1[C@H]2c3cc4c(cc3CN3C(=O)CC(=C[C@@H]1OC(C)=O)[C@H]23)OCO4. The van der Waals surface area contributed by atoms with E-state index in [0.717, 1.165) is 16.7 Å². The first-order valence-electron chi connectivity index (χ1n) is 9.19. The maximum absolute atomic E-state index is 12.7. The first-order chi connectivity index (χ1) is 13.4. The van der Waals surface area contributed by atoms with Crippen LogP contribution in [0.5, 0.6) is 11.5 Å². The zero-order valence-electron chi connectivity index (χ0n) is 15.5. The quantitative estimate of drug-likeness (QED) is 0.562. The van der Waals surface area contributed by atoms with Gasteiger partial charge in [-0.25, -0.2) is 0 Å². The van der Waals surface area contributed by atoms with Gasteiger partial charge in [-0.15, -0.1) is 0 Å². The van der Waals surface area contributed by atoms with Crippen LogP contribution in [0.15, 0.2) is 23.8 Å². The molecule has 146 valence electrons. The summed E-state index contributed by atoms with van der Waals surface area (Å²) < 4.78 is 22.1. The van der Waals surface area contributed by atoms with Gasteiger partial charge in [-0.1, -0.05) is 0 Å². The predicted octanol–water partition coefficient (Wildman–Crippen LogP) is 1.42. The summed E-state index contributed by atoms with van der Waals surface area (Å²) in [6, 6.07) is 3.55. The Morgan fingerprint density at radius 1 is 1.11 bits per heavy atom. The number of benzene rings is 1. The number of fused-ring (bicyclic) bond motifs is 3. The summed E-state index contributed by atoms with van der Waals surface area (Å²) >= 11 is 0. The normalized spacial score (nSPS) is 29.0. The second kappa shape index (κ2) is 5.98. The fourth-order valence-corrected chi connectivity index (χ4v) is 4.80. The fourth-order valence-electron chi connectivity index (χ4n) is 4.80. The van der Waals surface area contributed by atoms with Crippen LogP contribution in [0.25, 0.3) is 0 Å². The van der Waals surface area contributed by atoms with Crippen molar-refractivity contribution in [2.75, 3.05) is 6.79 Å². The highest BCUT2D eigenvalue weighted by Gasteiger charge is 2.54. The Hall–Kier alpha value is -3.03. The monoisotopic (exact) mass is 385 g/mol. The molecular formula is C20H19NO7. The fraction of sp³-hybridized carbons (Fsp3) is 0.450. The van der Waals surface area contributed by atoms with Crippen LogP contribution in [-0.2, 0) is 30.4 Å². The van der Waals surface area contributed by atoms with Gasteiger partial charge < -0.3 is 23.8 Å². The average Bonchev–Trinajstić information content (AvgIpc) is 3.19. The molecule has 0 aromatic heterocycles. The molecule has 1 fully saturated rings. The number of ether oxygens (including phenoxy) is 4. The van der Waals surface area contributed by atoms with Crippen molar-refractivity contribution in [3.63, 3.8) is 0 Å². The van der Waals surface area contributed by atoms with Crippen molar-refractivity contribution in [3.05, 3.63) is 34.9 Å². The number of nitrogens with zero attached hydrogens (tertiary/aromatic N) is 1. The molecule has 28 heavy (non-hydrogen) atoms. The van der Waals surface area contributed by atoms with Crippen molar-refractivity contribution in [1.29, 1.82) is 0 Å². The van der Waals surface area contributed by atoms with Gasteiger partial charge in [0.1, 0.15) is 0 Å². The molecule has 4 atom stereocenters. The molecule has 4 aliphatic rings. The van der Waals surface area contributed by atoms with Crippen LogP contribution in [-0.4, -0.2) is 47.8 Å². The van der Waals surface area contributed by atoms with E-state index in [9.17, 15) is 14.4 Å². The van der Waals surface area contributed by atoms with E-state index in [1.165, 1.54) is 13.8 Å². The van der Waals surface area contributed by atoms with Crippen molar-refractivity contribution < 1.29 is 33.3 Å². The van der Waals surface area contributed by atoms with Gasteiger partial charge in [0.15, 0.2) is 23.7 Å². The highest BCUT2D eigenvalue weighted by atomic mass is 16.7. The summed E-state index contributed by atoms with van der Waals surface area (Å²) in [7, 11) is 0. The van der Waals surface area contributed by atoms with E-state index in [4.69, 9.17) is 18.9 Å². The number of hydrogen-bond acceptors (Lipinski definition) is 7. The summed E-state index contributed by atoms with van der Waals surface area (Å²) in [6.45, 7) is 3.23. The van der Waals surface area contributed by atoms with Crippen molar-refractivity contribution >= 4 is 17.8 Å². The highest BCUT2D eigenvalue weighted by molar-refractivity contribution is 5.85. The van der Waals surface area contributed by atoms with E-state index in [1.54, 1.807) is 6.08 Å². The lowest BCUT2D eigenvalue weighted by Crippen LogP contribution is -2.52. The molecule has 0 spiro atoms. The molecule has 0 saturated carbocycles. The molecule has 1 amide bonds. The smallest absolute Gasteiger partial charge is 0.303 e. The predicted molar refractivity (Wildman–Crippen MR) is 93.5 cm³/mol. The topological polar surface area (TPSA) is 91.4 Å². The van der Waals surface area contributed by atoms with Crippen molar-refractivity contribution in [1.82, 2.24) is 4.90 Å². The van der Waals surface area contributed by atoms with Crippen LogP contribution in [0, 0.1) is 0 Å². The van der Waals surface area contributed by atoms with Crippen molar-refractivity contribution in [3.8, 4) is 11.5 Å². The number of carbonyl (C=O) groups excluding carboxylic acids is 3. The van der Waals surface area contributed by atoms with Gasteiger partial charge in [0, 0.05) is 32.7 Å². The molecule has 1 saturated heterocycles. The van der Waals surface area contributed by atoms with Gasteiger partial charge in [0.2, 0.25) is 12.7 Å². The lowest BCUT2D eigenvalue weighted by Gasteiger charge is -2.45. The van der Waals surface area contributed by atoms with Gasteiger partial charge in [-0.2, -0.15) is 0 Å². The van der Waals surface area contributed by atoms with Crippen LogP contribution in [0.4, 0.5) is 0 Å². The molecular weight excluding hydrogens is 366 g/mol. The van der Waals surface area contributed by atoms with Crippen LogP contribution in [0.2, 0.25) is 0 Å². The second-order valence-corrected chi connectivity index (χ2v) is 7.46. The number of esters is 2. The molecule has 1 aliphatic carbocycles. The summed E-state index contributed by atoms with van der Waals surface area (Å²) in [6.07, 6.45) is 0.558. The van der Waals surface area contributed by atoms with Crippen molar-refractivity contribution in [2.24, 2.45) is 0 Å². The Morgan fingerprint density at radius 3 is 2.54 bits per heavy atom. The minimum Gasteiger partial charge on any atom is -0.457 e. The molecule has 0 radical (unpaired) electrons. The number of carbonyl (C=O) groups is 3. The Morgan fingerprint density at radius 2 is 1.82 bits per heavy atom. The summed E-state index contributed by atoms with van der Waals surface area (Å²) in [5.74, 6) is -0.0232. The molecule has 0 unspecified atom stereocenters. The number of amides is 1. The molecule has 3 aliphatic heterocycles. The van der Waals surface area contributed by atoms with E-state index in [0.29, 0.717) is 18.0 Å². The van der Waals surface area contributed by atoms with E-state index >= 15 is 0 Å². The third kappa shape index (κ3) is 2.47. The summed E-state index contributed by atoms with van der Waals surface area (Å²) in [4.78, 5) is 38.0. The first-order valence-corrected chi connectivity index (χ1v) is 9.19. The molecule has 8 heteroatoms. The van der Waals surface area contributed by atoms with E-state index < -0.39 is 24.1 Å². The van der Waals surface area contributed by atoms with E-state index in [1.807, 2.05) is 17.0 Å². The molecule has 0 N–H and O–H groups in total. The largest absolute Gasteiger partial charge is 0.457 e. The van der Waals surface area contributed by atoms with Crippen LogP contribution < -0.4 is 9.47 Å². The molecule has 8 nitrogen and oxygen atoms in total. The standard InChI is InChI=1S/C20H19NO7/c1-9(22)27-16-3-11-5-17(24)21-7-12-4-14-15(26-8-25-14)6-13(12)18(19(11)21)20(16)28-10(2)23/h3-4,6,16,18-20H,5,7-8H2,1-2H3/t16-,18-,19+,20+/m0/s1. The third-order valence-corrected chi connectivity index (χ3v) is 5.73. The Bertz CT molecular complexity index is 937. The second-order valence-electron chi connectivity index (χ2n) is 7.46. The van der Waals surface area contributed by atoms with E-state index in [2.05, 4.69) is 0 Å². The zero-order valence-corrected chi connectivity index (χ0v) is 15.5. The maximum Gasteiger partial charge on any atom is 0.303 e.